The van der Waals surface area contributed by atoms with Crippen molar-refractivity contribution in [3.05, 3.63) is 34.9 Å². The Bertz CT molecular complexity index is 411. The third-order valence-electron chi connectivity index (χ3n) is 2.17. The van der Waals surface area contributed by atoms with Crippen LogP contribution in [-0.2, 0) is 4.79 Å². The Kier molecular flexibility index (Phi) is 3.70. The number of carbonyl (C=O) groups is 1. The molecule has 78 valence electrons. The highest BCUT2D eigenvalue weighted by Gasteiger charge is 2.18. The molecule has 0 bridgehead atoms. The summed E-state index contributed by atoms with van der Waals surface area (Å²) in [6, 6.07) is 8.45. The first-order valence-corrected chi connectivity index (χ1v) is 4.82. The molecule has 1 aromatic rings. The molecule has 4 heteroatoms. The second-order valence-corrected chi connectivity index (χ2v) is 3.65. The summed E-state index contributed by atoms with van der Waals surface area (Å²) in [5.74, 6) is -0.151. The van der Waals surface area contributed by atoms with Crippen LogP contribution < -0.4 is 0 Å². The van der Waals surface area contributed by atoms with Crippen LogP contribution in [0.3, 0.4) is 0 Å². The monoisotopic (exact) mass is 222 g/mol. The molecule has 0 aliphatic heterocycles. The van der Waals surface area contributed by atoms with E-state index in [4.69, 9.17) is 16.9 Å². The summed E-state index contributed by atoms with van der Waals surface area (Å²) in [5.41, 5.74) is 0.725. The smallest absolute Gasteiger partial charge is 0.220 e. The Balaban J connectivity index is 3.04. The first-order valence-electron chi connectivity index (χ1n) is 4.44. The highest BCUT2D eigenvalue weighted by molar-refractivity contribution is 6.30. The van der Waals surface area contributed by atoms with Gasteiger partial charge in [-0.15, -0.1) is 0 Å². The molecule has 0 saturated heterocycles. The van der Waals surface area contributed by atoms with Gasteiger partial charge < -0.3 is 4.90 Å². The molecule has 0 aromatic heterocycles. The standard InChI is InChI=1S/C11H11ClN2O/c1-8(15)14(2)11(7-13)9-4-3-5-10(12)6-9/h3-6,11H,1-2H3. The number of hydrogen-bond donors (Lipinski definition) is 0. The average molecular weight is 223 g/mol. The van der Waals surface area contributed by atoms with Crippen LogP contribution in [0.4, 0.5) is 0 Å². The fraction of sp³-hybridized carbons (Fsp3) is 0.273. The minimum Gasteiger partial charge on any atom is -0.326 e. The van der Waals surface area contributed by atoms with Crippen LogP contribution in [0.1, 0.15) is 18.5 Å². The highest BCUT2D eigenvalue weighted by atomic mass is 35.5. The normalized spacial score (nSPS) is 11.6. The Morgan fingerprint density at radius 2 is 2.27 bits per heavy atom. The van der Waals surface area contributed by atoms with Crippen LogP contribution in [0.15, 0.2) is 24.3 Å². The predicted molar refractivity (Wildman–Crippen MR) is 58.3 cm³/mol. The van der Waals surface area contributed by atoms with Gasteiger partial charge in [-0.25, -0.2) is 0 Å². The summed E-state index contributed by atoms with van der Waals surface area (Å²) >= 11 is 5.82. The first kappa shape index (κ1) is 11.5. The molecule has 3 nitrogen and oxygen atoms in total. The summed E-state index contributed by atoms with van der Waals surface area (Å²) in [7, 11) is 1.59. The predicted octanol–water partition coefficient (Wildman–Crippen LogP) is 2.38. The van der Waals surface area contributed by atoms with Crippen LogP contribution in [0.25, 0.3) is 0 Å². The van der Waals surface area contributed by atoms with Gasteiger partial charge >= 0.3 is 0 Å². The van der Waals surface area contributed by atoms with Crippen molar-refractivity contribution in [2.75, 3.05) is 7.05 Å². The number of nitriles is 1. The van der Waals surface area contributed by atoms with E-state index in [0.717, 1.165) is 5.56 Å². The molecule has 1 aromatic carbocycles. The van der Waals surface area contributed by atoms with E-state index in [1.807, 2.05) is 0 Å². The summed E-state index contributed by atoms with van der Waals surface area (Å²) in [6.07, 6.45) is 0. The fourth-order valence-corrected chi connectivity index (χ4v) is 1.44. The number of halogens is 1. The van der Waals surface area contributed by atoms with Crippen LogP contribution >= 0.6 is 11.6 Å². The Morgan fingerprint density at radius 3 is 2.73 bits per heavy atom. The summed E-state index contributed by atoms with van der Waals surface area (Å²) in [6.45, 7) is 1.43. The van der Waals surface area contributed by atoms with E-state index in [-0.39, 0.29) is 5.91 Å². The number of hydrogen-bond acceptors (Lipinski definition) is 2. The molecule has 0 fully saturated rings. The zero-order chi connectivity index (χ0) is 11.4. The Hall–Kier alpha value is -1.53. The van der Waals surface area contributed by atoms with E-state index in [1.165, 1.54) is 11.8 Å². The molecule has 1 unspecified atom stereocenters. The molecular weight excluding hydrogens is 212 g/mol. The zero-order valence-electron chi connectivity index (χ0n) is 8.57. The lowest BCUT2D eigenvalue weighted by Gasteiger charge is -2.21. The minimum absolute atomic E-state index is 0.151. The van der Waals surface area contributed by atoms with Crippen LogP contribution in [0, 0.1) is 11.3 Å². The van der Waals surface area contributed by atoms with Crippen molar-refractivity contribution in [2.45, 2.75) is 13.0 Å². The zero-order valence-corrected chi connectivity index (χ0v) is 9.32. The molecule has 0 N–H and O–H groups in total. The van der Waals surface area contributed by atoms with Gasteiger partial charge in [0.15, 0.2) is 0 Å². The summed E-state index contributed by atoms with van der Waals surface area (Å²) in [4.78, 5) is 12.5. The molecule has 15 heavy (non-hydrogen) atoms. The van der Waals surface area contributed by atoms with Gasteiger partial charge in [0.1, 0.15) is 6.04 Å². The van der Waals surface area contributed by atoms with E-state index in [9.17, 15) is 4.79 Å². The first-order chi connectivity index (χ1) is 7.06. The van der Waals surface area contributed by atoms with Gasteiger partial charge in [-0.3, -0.25) is 4.79 Å². The van der Waals surface area contributed by atoms with Gasteiger partial charge in [-0.1, -0.05) is 23.7 Å². The molecule has 0 heterocycles. The van der Waals surface area contributed by atoms with Crippen molar-refractivity contribution in [3.63, 3.8) is 0 Å². The number of benzene rings is 1. The Labute approximate surface area is 93.9 Å². The van der Waals surface area contributed by atoms with E-state index in [2.05, 4.69) is 6.07 Å². The molecule has 0 spiro atoms. The number of nitrogens with zero attached hydrogens (tertiary/aromatic N) is 2. The van der Waals surface area contributed by atoms with Crippen LogP contribution in [0.2, 0.25) is 5.02 Å². The maximum Gasteiger partial charge on any atom is 0.220 e. The molecular formula is C11H11ClN2O. The lowest BCUT2D eigenvalue weighted by Crippen LogP contribution is -2.28. The SMILES string of the molecule is CC(=O)N(C)C(C#N)c1cccc(Cl)c1. The van der Waals surface area contributed by atoms with Crippen molar-refractivity contribution >= 4 is 17.5 Å². The second-order valence-electron chi connectivity index (χ2n) is 3.22. The second kappa shape index (κ2) is 4.81. The third-order valence-corrected chi connectivity index (χ3v) is 2.41. The number of carbonyl (C=O) groups excluding carboxylic acids is 1. The van der Waals surface area contributed by atoms with E-state index in [0.29, 0.717) is 5.02 Å². The maximum absolute atomic E-state index is 11.1. The van der Waals surface area contributed by atoms with E-state index < -0.39 is 6.04 Å². The lowest BCUT2D eigenvalue weighted by atomic mass is 10.1. The average Bonchev–Trinajstić information content (AvgIpc) is 2.18. The molecule has 0 radical (unpaired) electrons. The van der Waals surface area contributed by atoms with E-state index in [1.54, 1.807) is 31.3 Å². The van der Waals surface area contributed by atoms with Gasteiger partial charge in [0.25, 0.3) is 0 Å². The minimum atomic E-state index is -0.582. The quantitative estimate of drug-likeness (QED) is 0.771. The number of rotatable bonds is 2. The molecule has 1 rings (SSSR count). The molecule has 1 atom stereocenters. The van der Waals surface area contributed by atoms with Crippen molar-refractivity contribution < 1.29 is 4.79 Å². The molecule has 0 aliphatic rings. The van der Waals surface area contributed by atoms with Crippen LogP contribution in [-0.4, -0.2) is 17.9 Å². The van der Waals surface area contributed by atoms with Crippen molar-refractivity contribution in [3.8, 4) is 6.07 Å². The third kappa shape index (κ3) is 2.71. The van der Waals surface area contributed by atoms with Crippen molar-refractivity contribution in [1.29, 1.82) is 5.26 Å². The lowest BCUT2D eigenvalue weighted by molar-refractivity contribution is -0.128. The van der Waals surface area contributed by atoms with E-state index >= 15 is 0 Å². The largest absolute Gasteiger partial charge is 0.326 e. The van der Waals surface area contributed by atoms with Gasteiger partial charge in [0.2, 0.25) is 5.91 Å². The maximum atomic E-state index is 11.1. The van der Waals surface area contributed by atoms with Crippen molar-refractivity contribution in [2.24, 2.45) is 0 Å². The Morgan fingerprint density at radius 1 is 1.60 bits per heavy atom. The van der Waals surface area contributed by atoms with Gasteiger partial charge in [-0.05, 0) is 17.7 Å². The topological polar surface area (TPSA) is 44.1 Å². The van der Waals surface area contributed by atoms with Gasteiger partial charge in [0.05, 0.1) is 6.07 Å². The summed E-state index contributed by atoms with van der Waals surface area (Å²) < 4.78 is 0. The van der Waals surface area contributed by atoms with Crippen LogP contribution in [0.5, 0.6) is 0 Å². The molecule has 0 saturated carbocycles. The summed E-state index contributed by atoms with van der Waals surface area (Å²) in [5, 5.41) is 9.56. The van der Waals surface area contributed by atoms with Gasteiger partial charge in [-0.2, -0.15) is 5.26 Å². The number of amides is 1. The molecule has 1 amide bonds. The highest BCUT2D eigenvalue weighted by Crippen LogP contribution is 2.21. The fourth-order valence-electron chi connectivity index (χ4n) is 1.24. The van der Waals surface area contributed by atoms with Crippen molar-refractivity contribution in [1.82, 2.24) is 4.90 Å². The van der Waals surface area contributed by atoms with Gasteiger partial charge in [0, 0.05) is 19.0 Å². The molecule has 0 aliphatic carbocycles.